The summed E-state index contributed by atoms with van der Waals surface area (Å²) in [6.07, 6.45) is 4.95. The minimum absolute atomic E-state index is 0.0891. The molecular weight excluding hydrogens is 318 g/mol. The van der Waals surface area contributed by atoms with E-state index in [2.05, 4.69) is 17.5 Å². The van der Waals surface area contributed by atoms with E-state index in [9.17, 15) is 9.59 Å². The molecule has 1 amide bonds. The first-order chi connectivity index (χ1) is 11.7. The van der Waals surface area contributed by atoms with Gasteiger partial charge in [-0.25, -0.2) is 0 Å². The number of Topliss-reactive ketones (excluding diaryl/α,β-unsaturated/α-hetero) is 1. The van der Waals surface area contributed by atoms with Crippen LogP contribution < -0.4 is 0 Å². The smallest absolute Gasteiger partial charge is 0.223 e. The van der Waals surface area contributed by atoms with Crippen LogP contribution in [-0.4, -0.2) is 23.1 Å². The number of nitrogens with zero attached hydrogens (tertiary/aromatic N) is 1. The Morgan fingerprint density at radius 1 is 1.00 bits per heavy atom. The van der Waals surface area contributed by atoms with E-state index in [-0.39, 0.29) is 11.7 Å². The van der Waals surface area contributed by atoms with Crippen LogP contribution in [0.1, 0.15) is 51.2 Å². The number of aryl methyl sites for hydroxylation is 2. The van der Waals surface area contributed by atoms with E-state index in [1.54, 1.807) is 11.3 Å². The van der Waals surface area contributed by atoms with Crippen molar-refractivity contribution in [3.8, 4) is 0 Å². The molecule has 0 bridgehead atoms. The van der Waals surface area contributed by atoms with Gasteiger partial charge in [0.1, 0.15) is 0 Å². The molecule has 2 aromatic rings. The largest absolute Gasteiger partial charge is 0.338 e. The highest BCUT2D eigenvalue weighted by Gasteiger charge is 2.22. The Balaban J connectivity index is 1.35. The molecule has 1 aliphatic heterocycles. The summed E-state index contributed by atoms with van der Waals surface area (Å²) in [6, 6.07) is 8.15. The van der Waals surface area contributed by atoms with Gasteiger partial charge in [-0.2, -0.15) is 0 Å². The van der Waals surface area contributed by atoms with Crippen molar-refractivity contribution in [2.75, 3.05) is 6.54 Å². The Kier molecular flexibility index (Phi) is 4.23. The van der Waals surface area contributed by atoms with Gasteiger partial charge >= 0.3 is 0 Å². The van der Waals surface area contributed by atoms with Crippen molar-refractivity contribution in [3.63, 3.8) is 0 Å². The van der Waals surface area contributed by atoms with Gasteiger partial charge in [-0.3, -0.25) is 9.59 Å². The predicted octanol–water partition coefficient (Wildman–Crippen LogP) is 3.78. The number of benzene rings is 1. The van der Waals surface area contributed by atoms with Gasteiger partial charge in [-0.1, -0.05) is 12.1 Å². The molecule has 0 fully saturated rings. The van der Waals surface area contributed by atoms with Gasteiger partial charge in [0, 0.05) is 36.4 Å². The van der Waals surface area contributed by atoms with Crippen molar-refractivity contribution >= 4 is 23.0 Å². The SMILES string of the molecule is O=C(CCC(=O)N1CCc2sccc2C1)c1ccc2c(c1)CCC2. The minimum atomic E-state index is 0.0891. The molecule has 124 valence electrons. The van der Waals surface area contributed by atoms with E-state index in [0.717, 1.165) is 31.4 Å². The molecule has 24 heavy (non-hydrogen) atoms. The summed E-state index contributed by atoms with van der Waals surface area (Å²) >= 11 is 1.77. The van der Waals surface area contributed by atoms with E-state index in [1.165, 1.54) is 28.0 Å². The summed E-state index contributed by atoms with van der Waals surface area (Å²) < 4.78 is 0. The lowest BCUT2D eigenvalue weighted by Gasteiger charge is -2.27. The maximum absolute atomic E-state index is 12.4. The van der Waals surface area contributed by atoms with Crippen molar-refractivity contribution in [2.24, 2.45) is 0 Å². The fraction of sp³-hybridized carbons (Fsp3) is 0.400. The van der Waals surface area contributed by atoms with Crippen molar-refractivity contribution in [1.29, 1.82) is 0 Å². The normalized spacial score (nSPS) is 15.9. The number of rotatable bonds is 4. The van der Waals surface area contributed by atoms with Crippen LogP contribution >= 0.6 is 11.3 Å². The van der Waals surface area contributed by atoms with E-state index >= 15 is 0 Å². The highest BCUT2D eigenvalue weighted by molar-refractivity contribution is 7.10. The van der Waals surface area contributed by atoms with E-state index in [4.69, 9.17) is 0 Å². The third-order valence-corrected chi connectivity index (χ3v) is 6.17. The van der Waals surface area contributed by atoms with Gasteiger partial charge in [-0.15, -0.1) is 11.3 Å². The van der Waals surface area contributed by atoms with Crippen molar-refractivity contribution in [2.45, 2.75) is 45.1 Å². The molecule has 4 heteroatoms. The minimum Gasteiger partial charge on any atom is -0.338 e. The van der Waals surface area contributed by atoms with Crippen LogP contribution in [0.4, 0.5) is 0 Å². The van der Waals surface area contributed by atoms with Gasteiger partial charge in [0.15, 0.2) is 5.78 Å². The highest BCUT2D eigenvalue weighted by atomic mass is 32.1. The fourth-order valence-corrected chi connectivity index (χ4v) is 4.62. The first-order valence-corrected chi connectivity index (χ1v) is 9.57. The molecule has 0 N–H and O–H groups in total. The number of hydrogen-bond donors (Lipinski definition) is 0. The zero-order valence-corrected chi connectivity index (χ0v) is 14.5. The van der Waals surface area contributed by atoms with Gasteiger partial charge < -0.3 is 4.90 Å². The zero-order valence-electron chi connectivity index (χ0n) is 13.7. The number of fused-ring (bicyclic) bond motifs is 2. The maximum atomic E-state index is 12.4. The summed E-state index contributed by atoms with van der Waals surface area (Å²) in [7, 11) is 0. The molecule has 0 radical (unpaired) electrons. The lowest BCUT2D eigenvalue weighted by Crippen LogP contribution is -2.35. The number of amides is 1. The summed E-state index contributed by atoms with van der Waals surface area (Å²) in [5.74, 6) is 0.188. The molecule has 1 aromatic heterocycles. The third kappa shape index (κ3) is 3.03. The van der Waals surface area contributed by atoms with Crippen LogP contribution in [0.25, 0.3) is 0 Å². The van der Waals surface area contributed by atoms with Crippen LogP contribution in [0.2, 0.25) is 0 Å². The zero-order chi connectivity index (χ0) is 16.5. The van der Waals surface area contributed by atoms with Crippen molar-refractivity contribution in [1.82, 2.24) is 4.90 Å². The average molecular weight is 339 g/mol. The molecule has 2 heterocycles. The summed E-state index contributed by atoms with van der Waals surface area (Å²) in [6.45, 7) is 1.48. The summed E-state index contributed by atoms with van der Waals surface area (Å²) in [5.41, 5.74) is 4.72. The van der Waals surface area contributed by atoms with E-state index in [0.29, 0.717) is 19.4 Å². The first kappa shape index (κ1) is 15.6. The standard InChI is InChI=1S/C20H21NO2S/c22-18(16-5-4-14-2-1-3-15(14)12-16)6-7-20(23)21-10-8-19-17(13-21)9-11-24-19/h4-5,9,11-12H,1-3,6-8,10,13H2. The highest BCUT2D eigenvalue weighted by Crippen LogP contribution is 2.25. The van der Waals surface area contributed by atoms with Gasteiger partial charge in [0.05, 0.1) is 0 Å². The molecule has 0 spiro atoms. The van der Waals surface area contributed by atoms with Gasteiger partial charge in [0.25, 0.3) is 0 Å². The Labute approximate surface area is 146 Å². The van der Waals surface area contributed by atoms with Gasteiger partial charge in [0.2, 0.25) is 5.91 Å². The molecule has 0 saturated heterocycles. The molecule has 4 rings (SSSR count). The number of carbonyl (C=O) groups is 2. The molecule has 0 atom stereocenters. The number of carbonyl (C=O) groups excluding carboxylic acids is 2. The lowest BCUT2D eigenvalue weighted by molar-refractivity contribution is -0.132. The number of ketones is 1. The van der Waals surface area contributed by atoms with E-state index in [1.807, 2.05) is 17.0 Å². The maximum Gasteiger partial charge on any atom is 0.223 e. The summed E-state index contributed by atoms with van der Waals surface area (Å²) in [4.78, 5) is 28.1. The second-order valence-corrected chi connectivity index (χ2v) is 7.70. The average Bonchev–Trinajstić information content (AvgIpc) is 3.26. The topological polar surface area (TPSA) is 37.4 Å². The van der Waals surface area contributed by atoms with Crippen LogP contribution in [0.5, 0.6) is 0 Å². The van der Waals surface area contributed by atoms with Crippen LogP contribution in [0.3, 0.4) is 0 Å². The van der Waals surface area contributed by atoms with Crippen LogP contribution in [0.15, 0.2) is 29.6 Å². The monoisotopic (exact) mass is 339 g/mol. The molecular formula is C20H21NO2S. The number of hydrogen-bond acceptors (Lipinski definition) is 3. The summed E-state index contributed by atoms with van der Waals surface area (Å²) in [5, 5.41) is 2.09. The molecule has 1 aromatic carbocycles. The second-order valence-electron chi connectivity index (χ2n) is 6.69. The Bertz CT molecular complexity index is 793. The van der Waals surface area contributed by atoms with Crippen LogP contribution in [0, 0.1) is 0 Å². The molecule has 3 nitrogen and oxygen atoms in total. The van der Waals surface area contributed by atoms with Gasteiger partial charge in [-0.05, 0) is 59.9 Å². The third-order valence-electron chi connectivity index (χ3n) is 5.15. The lowest BCUT2D eigenvalue weighted by atomic mass is 10.0. The Morgan fingerprint density at radius 2 is 1.88 bits per heavy atom. The Hall–Kier alpha value is -1.94. The van der Waals surface area contributed by atoms with Crippen molar-refractivity contribution < 1.29 is 9.59 Å². The first-order valence-electron chi connectivity index (χ1n) is 8.69. The quantitative estimate of drug-likeness (QED) is 0.795. The van der Waals surface area contributed by atoms with Crippen LogP contribution in [-0.2, 0) is 30.6 Å². The molecule has 0 saturated carbocycles. The molecule has 2 aliphatic rings. The molecule has 1 aliphatic carbocycles. The molecule has 0 unspecified atom stereocenters. The predicted molar refractivity (Wildman–Crippen MR) is 95.5 cm³/mol. The van der Waals surface area contributed by atoms with E-state index < -0.39 is 0 Å². The second kappa shape index (κ2) is 6.52. The number of thiophene rings is 1. The Morgan fingerprint density at radius 3 is 2.79 bits per heavy atom. The fourth-order valence-electron chi connectivity index (χ4n) is 3.73. The van der Waals surface area contributed by atoms with Crippen molar-refractivity contribution in [3.05, 3.63) is 56.8 Å².